The van der Waals surface area contributed by atoms with Gasteiger partial charge in [-0.1, -0.05) is 0 Å². The molecule has 4 unspecified atom stereocenters. The van der Waals surface area contributed by atoms with Gasteiger partial charge in [0.05, 0.1) is 18.2 Å². The standard InChI is InChI=1S/C21H38N4O3/c1-5-22-19(24-17-13-16-8-9-18(17)27-16)23-11-10-15-7-6-12-25(14-15)20(26)28-21(2,3)4/h15-18H,5-14H2,1-4H3,(H2,22,23,24). The molecule has 7 nitrogen and oxygen atoms in total. The van der Waals surface area contributed by atoms with Crippen molar-refractivity contribution in [3.05, 3.63) is 0 Å². The number of rotatable bonds is 5. The van der Waals surface area contributed by atoms with Crippen LogP contribution in [0.2, 0.25) is 0 Å². The van der Waals surface area contributed by atoms with Gasteiger partial charge in [-0.3, -0.25) is 4.99 Å². The van der Waals surface area contributed by atoms with E-state index in [1.807, 2.05) is 25.7 Å². The van der Waals surface area contributed by atoms with Crippen molar-refractivity contribution in [1.82, 2.24) is 15.5 Å². The molecule has 3 rings (SSSR count). The molecule has 0 aromatic heterocycles. The van der Waals surface area contributed by atoms with Crippen molar-refractivity contribution >= 4 is 12.1 Å². The second-order valence-electron chi connectivity index (χ2n) is 9.34. The lowest BCUT2D eigenvalue weighted by Gasteiger charge is -2.34. The smallest absolute Gasteiger partial charge is 0.410 e. The van der Waals surface area contributed by atoms with Gasteiger partial charge in [0, 0.05) is 26.2 Å². The van der Waals surface area contributed by atoms with Crippen molar-refractivity contribution in [3.63, 3.8) is 0 Å². The van der Waals surface area contributed by atoms with E-state index in [9.17, 15) is 4.79 Å². The number of carbonyl (C=O) groups is 1. The molecule has 1 amide bonds. The number of nitrogens with zero attached hydrogens (tertiary/aromatic N) is 2. The summed E-state index contributed by atoms with van der Waals surface area (Å²) >= 11 is 0. The zero-order valence-electron chi connectivity index (χ0n) is 18.0. The van der Waals surface area contributed by atoms with Crippen LogP contribution in [0.3, 0.4) is 0 Å². The minimum atomic E-state index is -0.440. The summed E-state index contributed by atoms with van der Waals surface area (Å²) in [5.41, 5.74) is -0.440. The van der Waals surface area contributed by atoms with E-state index in [-0.39, 0.29) is 6.09 Å². The summed E-state index contributed by atoms with van der Waals surface area (Å²) in [5.74, 6) is 1.38. The molecule has 3 saturated heterocycles. The first-order valence-electron chi connectivity index (χ1n) is 11.0. The van der Waals surface area contributed by atoms with Crippen LogP contribution in [0.5, 0.6) is 0 Å². The molecular weight excluding hydrogens is 356 g/mol. The van der Waals surface area contributed by atoms with Gasteiger partial charge in [0.25, 0.3) is 0 Å². The van der Waals surface area contributed by atoms with Gasteiger partial charge < -0.3 is 25.0 Å². The van der Waals surface area contributed by atoms with Crippen molar-refractivity contribution in [2.75, 3.05) is 26.2 Å². The second kappa shape index (κ2) is 9.33. The molecule has 0 spiro atoms. The lowest BCUT2D eigenvalue weighted by molar-refractivity contribution is 0.0163. The molecule has 3 aliphatic heterocycles. The fourth-order valence-corrected chi connectivity index (χ4v) is 4.44. The lowest BCUT2D eigenvalue weighted by atomic mass is 9.95. The zero-order chi connectivity index (χ0) is 20.1. The Morgan fingerprint density at radius 2 is 2.11 bits per heavy atom. The largest absolute Gasteiger partial charge is 0.444 e. The Hall–Kier alpha value is -1.50. The summed E-state index contributed by atoms with van der Waals surface area (Å²) in [6, 6.07) is 0.383. The highest BCUT2D eigenvalue weighted by molar-refractivity contribution is 5.80. The third kappa shape index (κ3) is 6.00. The van der Waals surface area contributed by atoms with Gasteiger partial charge >= 0.3 is 6.09 Å². The van der Waals surface area contributed by atoms with Crippen LogP contribution in [0, 0.1) is 5.92 Å². The number of hydrogen-bond donors (Lipinski definition) is 2. The Labute approximate surface area is 169 Å². The molecule has 0 saturated carbocycles. The van der Waals surface area contributed by atoms with Gasteiger partial charge in [-0.05, 0) is 72.1 Å². The monoisotopic (exact) mass is 394 g/mol. The SMILES string of the molecule is CCNC(=NCCC1CCCN(C(=O)OC(C)(C)C)C1)NC1CC2CCC1O2. The van der Waals surface area contributed by atoms with Crippen molar-refractivity contribution in [2.24, 2.45) is 10.9 Å². The Morgan fingerprint density at radius 3 is 2.75 bits per heavy atom. The van der Waals surface area contributed by atoms with Crippen LogP contribution in [0.1, 0.15) is 66.2 Å². The summed E-state index contributed by atoms with van der Waals surface area (Å²) in [5, 5.41) is 6.93. The minimum absolute atomic E-state index is 0.188. The Balaban J connectivity index is 1.45. The van der Waals surface area contributed by atoms with Gasteiger partial charge in [-0.25, -0.2) is 4.79 Å². The number of amides is 1. The van der Waals surface area contributed by atoms with Gasteiger partial charge in [0.15, 0.2) is 5.96 Å². The Morgan fingerprint density at radius 1 is 1.29 bits per heavy atom. The second-order valence-corrected chi connectivity index (χ2v) is 9.34. The fourth-order valence-electron chi connectivity index (χ4n) is 4.44. The maximum Gasteiger partial charge on any atom is 0.410 e. The zero-order valence-corrected chi connectivity index (χ0v) is 18.0. The quantitative estimate of drug-likeness (QED) is 0.554. The molecule has 3 aliphatic rings. The molecule has 4 atom stereocenters. The molecule has 3 heterocycles. The minimum Gasteiger partial charge on any atom is -0.444 e. The molecule has 3 fully saturated rings. The number of carbonyl (C=O) groups excluding carboxylic acids is 1. The first kappa shape index (κ1) is 21.2. The van der Waals surface area contributed by atoms with Crippen LogP contribution in [0.15, 0.2) is 4.99 Å². The normalized spacial score (nSPS) is 30.4. The van der Waals surface area contributed by atoms with Crippen LogP contribution in [-0.4, -0.2) is 67.0 Å². The van der Waals surface area contributed by atoms with E-state index in [4.69, 9.17) is 14.5 Å². The van der Waals surface area contributed by atoms with Crippen molar-refractivity contribution < 1.29 is 14.3 Å². The summed E-state index contributed by atoms with van der Waals surface area (Å²) in [6.45, 7) is 11.0. The van der Waals surface area contributed by atoms with E-state index in [0.717, 1.165) is 64.2 Å². The predicted molar refractivity (Wildman–Crippen MR) is 111 cm³/mol. The third-order valence-corrected chi connectivity index (χ3v) is 5.75. The van der Waals surface area contributed by atoms with E-state index in [2.05, 4.69) is 17.6 Å². The topological polar surface area (TPSA) is 75.2 Å². The number of hydrogen-bond acceptors (Lipinski definition) is 4. The number of guanidine groups is 1. The van der Waals surface area contributed by atoms with Gasteiger partial charge in [0.2, 0.25) is 0 Å². The summed E-state index contributed by atoms with van der Waals surface area (Å²) in [4.78, 5) is 19.0. The van der Waals surface area contributed by atoms with E-state index in [0.29, 0.717) is 24.2 Å². The number of fused-ring (bicyclic) bond motifs is 2. The average Bonchev–Trinajstić information content (AvgIpc) is 3.24. The number of nitrogens with one attached hydrogen (secondary N) is 2. The summed E-state index contributed by atoms with van der Waals surface area (Å²) in [6.07, 6.45) is 7.21. The first-order valence-corrected chi connectivity index (χ1v) is 11.0. The summed E-state index contributed by atoms with van der Waals surface area (Å²) < 4.78 is 11.5. The number of likely N-dealkylation sites (tertiary alicyclic amines) is 1. The summed E-state index contributed by atoms with van der Waals surface area (Å²) in [7, 11) is 0. The van der Waals surface area contributed by atoms with Crippen LogP contribution < -0.4 is 10.6 Å². The van der Waals surface area contributed by atoms with Crippen molar-refractivity contribution in [3.8, 4) is 0 Å². The molecule has 7 heteroatoms. The van der Waals surface area contributed by atoms with E-state index < -0.39 is 5.60 Å². The van der Waals surface area contributed by atoms with Gasteiger partial charge in [-0.15, -0.1) is 0 Å². The van der Waals surface area contributed by atoms with Gasteiger partial charge in [-0.2, -0.15) is 0 Å². The van der Waals surface area contributed by atoms with Gasteiger partial charge in [0.1, 0.15) is 5.60 Å². The average molecular weight is 395 g/mol. The molecule has 0 aromatic rings. The fraction of sp³-hybridized carbons (Fsp3) is 0.905. The van der Waals surface area contributed by atoms with E-state index >= 15 is 0 Å². The van der Waals surface area contributed by atoms with E-state index in [1.165, 1.54) is 6.42 Å². The highest BCUT2D eigenvalue weighted by Crippen LogP contribution is 2.34. The molecule has 28 heavy (non-hydrogen) atoms. The van der Waals surface area contributed by atoms with Crippen molar-refractivity contribution in [1.29, 1.82) is 0 Å². The number of piperidine rings is 1. The molecule has 160 valence electrons. The van der Waals surface area contributed by atoms with E-state index in [1.54, 1.807) is 0 Å². The Kier molecular flexibility index (Phi) is 7.07. The first-order chi connectivity index (χ1) is 13.3. The molecule has 0 aliphatic carbocycles. The van der Waals surface area contributed by atoms with Crippen LogP contribution in [0.4, 0.5) is 4.79 Å². The highest BCUT2D eigenvalue weighted by Gasteiger charge is 2.41. The van der Waals surface area contributed by atoms with Crippen molar-refractivity contribution in [2.45, 2.75) is 90.1 Å². The lowest BCUT2D eigenvalue weighted by Crippen LogP contribution is -2.47. The maximum atomic E-state index is 12.3. The van der Waals surface area contributed by atoms with Crippen LogP contribution >= 0.6 is 0 Å². The molecule has 0 radical (unpaired) electrons. The number of aliphatic imine (C=N–C) groups is 1. The Bertz CT molecular complexity index is 560. The highest BCUT2D eigenvalue weighted by atomic mass is 16.6. The maximum absolute atomic E-state index is 12.3. The third-order valence-electron chi connectivity index (χ3n) is 5.75. The molecule has 2 N–H and O–H groups in total. The molecule has 0 aromatic carbocycles. The molecule has 2 bridgehead atoms. The number of ether oxygens (including phenoxy) is 2. The van der Waals surface area contributed by atoms with Crippen LogP contribution in [-0.2, 0) is 9.47 Å². The molecular formula is C21H38N4O3. The van der Waals surface area contributed by atoms with Crippen LogP contribution in [0.25, 0.3) is 0 Å². The predicted octanol–water partition coefficient (Wildman–Crippen LogP) is 2.90.